The molecule has 0 radical (unpaired) electrons. The summed E-state index contributed by atoms with van der Waals surface area (Å²) in [6.45, 7) is 4.63. The first-order valence-corrected chi connectivity index (χ1v) is 12.7. The van der Waals surface area contributed by atoms with Crippen LogP contribution >= 0.6 is 0 Å². The summed E-state index contributed by atoms with van der Waals surface area (Å²) in [7, 11) is 3.47. The Kier molecular flexibility index (Phi) is 8.12. The molecular formula is C25H39F2N3O4. The summed E-state index contributed by atoms with van der Waals surface area (Å²) in [5.41, 5.74) is 0. The van der Waals surface area contributed by atoms with E-state index in [4.69, 9.17) is 9.47 Å². The third-order valence-corrected chi connectivity index (χ3v) is 7.91. The first kappa shape index (κ1) is 25.4. The van der Waals surface area contributed by atoms with Crippen molar-refractivity contribution in [2.45, 2.75) is 76.0 Å². The van der Waals surface area contributed by atoms with Crippen LogP contribution in [0.3, 0.4) is 0 Å². The van der Waals surface area contributed by atoms with Crippen LogP contribution in [0.2, 0.25) is 0 Å². The predicted molar refractivity (Wildman–Crippen MR) is 123 cm³/mol. The third-order valence-electron chi connectivity index (χ3n) is 7.91. The second kappa shape index (κ2) is 10.9. The Labute approximate surface area is 201 Å². The molecule has 8 atom stereocenters. The van der Waals surface area contributed by atoms with E-state index in [0.717, 1.165) is 0 Å². The Hall–Kier alpha value is -1.74. The van der Waals surface area contributed by atoms with Crippen molar-refractivity contribution < 1.29 is 27.8 Å². The van der Waals surface area contributed by atoms with Gasteiger partial charge in [-0.15, -0.1) is 0 Å². The molecule has 9 heteroatoms. The van der Waals surface area contributed by atoms with Gasteiger partial charge in [-0.3, -0.25) is 9.59 Å². The van der Waals surface area contributed by atoms with Gasteiger partial charge in [0.1, 0.15) is 24.2 Å². The molecular weight excluding hydrogens is 444 g/mol. The molecule has 0 bridgehead atoms. The van der Waals surface area contributed by atoms with Crippen molar-refractivity contribution >= 4 is 11.7 Å². The summed E-state index contributed by atoms with van der Waals surface area (Å²) in [5.74, 6) is 0.00529. The Morgan fingerprint density at radius 2 is 1.79 bits per heavy atom. The maximum absolute atomic E-state index is 14.0. The minimum Gasteiger partial charge on any atom is -0.475 e. The molecule has 2 aliphatic carbocycles. The second-order valence-electron chi connectivity index (χ2n) is 10.6. The average molecular weight is 484 g/mol. The number of hydrogen-bond acceptors (Lipinski definition) is 6. The number of Topliss-reactive ketones (excluding diaryl/α,β-unsaturated/α-hetero) is 1. The molecule has 0 aromatic rings. The molecule has 1 saturated heterocycles. The van der Waals surface area contributed by atoms with Crippen LogP contribution < -0.4 is 5.32 Å². The number of halogens is 2. The number of nitrogens with zero attached hydrogens (tertiary/aromatic N) is 2. The van der Waals surface area contributed by atoms with Crippen LogP contribution in [0.4, 0.5) is 8.78 Å². The lowest BCUT2D eigenvalue weighted by molar-refractivity contribution is -0.143. The van der Waals surface area contributed by atoms with Crippen LogP contribution in [-0.4, -0.2) is 92.4 Å². The number of fused-ring (bicyclic) bond motifs is 1. The lowest BCUT2D eigenvalue weighted by atomic mass is 9.68. The summed E-state index contributed by atoms with van der Waals surface area (Å²) in [5, 5.41) is 3.45. The lowest BCUT2D eigenvalue weighted by Crippen LogP contribution is -2.54. The van der Waals surface area contributed by atoms with Crippen molar-refractivity contribution in [3.63, 3.8) is 0 Å². The molecule has 4 rings (SSSR count). The molecule has 0 aromatic carbocycles. The largest absolute Gasteiger partial charge is 0.475 e. The van der Waals surface area contributed by atoms with Crippen molar-refractivity contribution in [1.29, 1.82) is 0 Å². The van der Waals surface area contributed by atoms with Gasteiger partial charge in [-0.2, -0.15) is 0 Å². The van der Waals surface area contributed by atoms with Crippen LogP contribution in [0.15, 0.2) is 12.0 Å². The zero-order valence-corrected chi connectivity index (χ0v) is 20.6. The maximum atomic E-state index is 14.0. The standard InChI is InChI=1S/C25H39F2N3O4/c1-15(28-19-13-17(26)12-18(27)14-19)20-10-16(25(32)29(2)3)11-21-22(31)4-5-23(34-24(20)21)30-6-8-33-9-7-30/h5,15-21,24,28H,4,6-14H2,1-3H3/t15-,16?,17+,18?,19?,20?,21?,24+/m1/s1. The highest BCUT2D eigenvalue weighted by atomic mass is 19.1. The minimum atomic E-state index is -1.15. The fourth-order valence-electron chi connectivity index (χ4n) is 6.17. The van der Waals surface area contributed by atoms with E-state index in [-0.39, 0.29) is 73.3 Å². The van der Waals surface area contributed by atoms with Gasteiger partial charge in [0.15, 0.2) is 5.88 Å². The number of nitrogens with one attached hydrogen (secondary N) is 1. The second-order valence-corrected chi connectivity index (χ2v) is 10.6. The van der Waals surface area contributed by atoms with E-state index < -0.39 is 12.3 Å². The number of carbonyl (C=O) groups excluding carboxylic acids is 2. The number of ketones is 1. The fraction of sp³-hybridized carbons (Fsp3) is 0.840. The molecule has 7 nitrogen and oxygen atoms in total. The van der Waals surface area contributed by atoms with Gasteiger partial charge in [0.2, 0.25) is 5.91 Å². The van der Waals surface area contributed by atoms with Gasteiger partial charge in [-0.05, 0) is 38.7 Å². The Morgan fingerprint density at radius 1 is 1.12 bits per heavy atom. The van der Waals surface area contributed by atoms with Crippen molar-refractivity contribution in [2.75, 3.05) is 40.4 Å². The molecule has 5 unspecified atom stereocenters. The molecule has 0 aromatic heterocycles. The summed E-state index contributed by atoms with van der Waals surface area (Å²) in [6.07, 6.45) is 1.03. The van der Waals surface area contributed by atoms with Gasteiger partial charge < -0.3 is 24.6 Å². The van der Waals surface area contributed by atoms with Crippen molar-refractivity contribution in [3.05, 3.63) is 12.0 Å². The Bertz CT molecular complexity index is 763. The molecule has 34 heavy (non-hydrogen) atoms. The lowest BCUT2D eigenvalue weighted by Gasteiger charge is -2.45. The zero-order valence-electron chi connectivity index (χ0n) is 20.6. The quantitative estimate of drug-likeness (QED) is 0.648. The number of ether oxygens (including phenoxy) is 2. The van der Waals surface area contributed by atoms with E-state index >= 15 is 0 Å². The molecule has 1 N–H and O–H groups in total. The van der Waals surface area contributed by atoms with Crippen LogP contribution in [0.5, 0.6) is 0 Å². The summed E-state index contributed by atoms with van der Waals surface area (Å²) in [6, 6.07) is -0.433. The normalized spacial score (nSPS) is 37.7. The molecule has 192 valence electrons. The topological polar surface area (TPSA) is 71.1 Å². The van der Waals surface area contributed by atoms with Crippen LogP contribution in [0.1, 0.15) is 45.4 Å². The summed E-state index contributed by atoms with van der Waals surface area (Å²) >= 11 is 0. The van der Waals surface area contributed by atoms with Gasteiger partial charge in [0, 0.05) is 63.9 Å². The number of allylic oxidation sites excluding steroid dienone is 1. The minimum absolute atomic E-state index is 0.0133. The van der Waals surface area contributed by atoms with E-state index in [0.29, 0.717) is 45.0 Å². The number of carbonyl (C=O) groups is 2. The molecule has 2 heterocycles. The number of rotatable bonds is 5. The molecule has 1 amide bonds. The predicted octanol–water partition coefficient (Wildman–Crippen LogP) is 2.46. The number of amides is 1. The number of alkyl halides is 2. The molecule has 3 fully saturated rings. The van der Waals surface area contributed by atoms with E-state index in [1.54, 1.807) is 19.0 Å². The van der Waals surface area contributed by atoms with Gasteiger partial charge in [-0.1, -0.05) is 0 Å². The highest BCUT2D eigenvalue weighted by Gasteiger charge is 2.48. The SMILES string of the molecule is C[C@@H](NC1CC(F)C[C@H](F)C1)C1CC(C(=O)N(C)C)CC2C(=O)CC=C(N3CCOCC3)O[C@H]21. The molecule has 0 spiro atoms. The van der Waals surface area contributed by atoms with Crippen molar-refractivity contribution in [3.8, 4) is 0 Å². The smallest absolute Gasteiger partial charge is 0.225 e. The molecule has 4 aliphatic rings. The summed E-state index contributed by atoms with van der Waals surface area (Å²) < 4.78 is 40.1. The van der Waals surface area contributed by atoms with Crippen LogP contribution in [0.25, 0.3) is 0 Å². The first-order chi connectivity index (χ1) is 16.2. The number of hydrogen-bond donors (Lipinski definition) is 1. The van der Waals surface area contributed by atoms with Crippen molar-refractivity contribution in [2.24, 2.45) is 17.8 Å². The summed E-state index contributed by atoms with van der Waals surface area (Å²) in [4.78, 5) is 29.9. The zero-order chi connectivity index (χ0) is 24.4. The van der Waals surface area contributed by atoms with Gasteiger partial charge in [0.25, 0.3) is 0 Å². The van der Waals surface area contributed by atoms with E-state index in [1.165, 1.54) is 0 Å². The number of morpholine rings is 1. The highest BCUT2D eigenvalue weighted by Crippen LogP contribution is 2.42. The van der Waals surface area contributed by atoms with E-state index in [2.05, 4.69) is 10.2 Å². The monoisotopic (exact) mass is 483 g/mol. The highest BCUT2D eigenvalue weighted by molar-refractivity contribution is 5.85. The average Bonchev–Trinajstić information content (AvgIpc) is 2.96. The Morgan fingerprint density at radius 3 is 2.44 bits per heavy atom. The van der Waals surface area contributed by atoms with Gasteiger partial charge >= 0.3 is 0 Å². The maximum Gasteiger partial charge on any atom is 0.225 e. The van der Waals surface area contributed by atoms with E-state index in [1.807, 2.05) is 13.0 Å². The fourth-order valence-corrected chi connectivity index (χ4v) is 6.17. The van der Waals surface area contributed by atoms with Crippen molar-refractivity contribution in [1.82, 2.24) is 15.1 Å². The third kappa shape index (κ3) is 5.73. The van der Waals surface area contributed by atoms with Crippen LogP contribution in [0, 0.1) is 17.8 Å². The first-order valence-electron chi connectivity index (χ1n) is 12.7. The Balaban J connectivity index is 1.56. The van der Waals surface area contributed by atoms with Gasteiger partial charge in [0.05, 0.1) is 19.1 Å². The molecule has 2 aliphatic heterocycles. The van der Waals surface area contributed by atoms with E-state index in [9.17, 15) is 18.4 Å². The molecule has 2 saturated carbocycles. The van der Waals surface area contributed by atoms with Gasteiger partial charge in [-0.25, -0.2) is 8.78 Å². The van der Waals surface area contributed by atoms with Crippen LogP contribution in [-0.2, 0) is 19.1 Å².